The molecule has 0 aliphatic rings. The molecule has 1 aromatic carbocycles. The van der Waals surface area contributed by atoms with Gasteiger partial charge in [-0.05, 0) is 19.2 Å². The number of carbonyl (C=O) groups is 1. The van der Waals surface area contributed by atoms with Crippen LogP contribution in [0.2, 0.25) is 0 Å². The summed E-state index contributed by atoms with van der Waals surface area (Å²) in [6, 6.07) is 9.57. The number of rotatable bonds is 7. The Bertz CT molecular complexity index is 557. The van der Waals surface area contributed by atoms with E-state index in [1.807, 2.05) is 35.7 Å². The zero-order chi connectivity index (χ0) is 14.4. The fourth-order valence-electron chi connectivity index (χ4n) is 1.71. The molecule has 5 nitrogen and oxygen atoms in total. The number of carboxylic acids is 1. The standard InChI is InChI=1S/C14H16N2O3S/c1-16(8-14(17)18)7-11-10-20-13(15-11)9-19-12-5-3-2-4-6-12/h2-6,10H,7-9H2,1H3,(H,17,18). The highest BCUT2D eigenvalue weighted by molar-refractivity contribution is 7.09. The predicted molar refractivity (Wildman–Crippen MR) is 76.9 cm³/mol. The number of likely N-dealkylation sites (N-methyl/N-ethyl adjacent to an activating group) is 1. The van der Waals surface area contributed by atoms with E-state index in [-0.39, 0.29) is 6.54 Å². The molecule has 0 amide bonds. The molecule has 0 aliphatic carbocycles. The maximum atomic E-state index is 10.6. The monoisotopic (exact) mass is 292 g/mol. The van der Waals surface area contributed by atoms with Crippen molar-refractivity contribution in [3.8, 4) is 5.75 Å². The van der Waals surface area contributed by atoms with E-state index in [1.165, 1.54) is 11.3 Å². The van der Waals surface area contributed by atoms with E-state index in [0.717, 1.165) is 16.5 Å². The van der Waals surface area contributed by atoms with Gasteiger partial charge in [0.05, 0.1) is 12.2 Å². The number of para-hydroxylation sites is 1. The van der Waals surface area contributed by atoms with Gasteiger partial charge in [0.15, 0.2) is 0 Å². The molecule has 0 atom stereocenters. The summed E-state index contributed by atoms with van der Waals surface area (Å²) in [6.07, 6.45) is 0. The largest absolute Gasteiger partial charge is 0.486 e. The van der Waals surface area contributed by atoms with Crippen molar-refractivity contribution in [2.24, 2.45) is 0 Å². The fraction of sp³-hybridized carbons (Fsp3) is 0.286. The van der Waals surface area contributed by atoms with Crippen molar-refractivity contribution < 1.29 is 14.6 Å². The molecule has 1 aromatic heterocycles. The van der Waals surface area contributed by atoms with Gasteiger partial charge in [0.2, 0.25) is 0 Å². The topological polar surface area (TPSA) is 62.7 Å². The number of thiazole rings is 1. The van der Waals surface area contributed by atoms with Crippen LogP contribution in [0.3, 0.4) is 0 Å². The molecule has 20 heavy (non-hydrogen) atoms. The molecule has 0 spiro atoms. The van der Waals surface area contributed by atoms with Crippen molar-refractivity contribution in [2.75, 3.05) is 13.6 Å². The lowest BCUT2D eigenvalue weighted by Gasteiger charge is -2.11. The van der Waals surface area contributed by atoms with Crippen LogP contribution in [0.15, 0.2) is 35.7 Å². The number of benzene rings is 1. The van der Waals surface area contributed by atoms with Crippen molar-refractivity contribution >= 4 is 17.3 Å². The molecule has 1 heterocycles. The molecule has 2 aromatic rings. The maximum Gasteiger partial charge on any atom is 0.317 e. The Balaban J connectivity index is 1.84. The number of aromatic nitrogens is 1. The molecule has 0 bridgehead atoms. The van der Waals surface area contributed by atoms with Gasteiger partial charge in [-0.1, -0.05) is 18.2 Å². The van der Waals surface area contributed by atoms with E-state index in [9.17, 15) is 4.79 Å². The first-order valence-electron chi connectivity index (χ1n) is 6.15. The van der Waals surface area contributed by atoms with Gasteiger partial charge in [-0.3, -0.25) is 9.69 Å². The van der Waals surface area contributed by atoms with E-state index in [1.54, 1.807) is 11.9 Å². The highest BCUT2D eigenvalue weighted by Crippen LogP contribution is 2.15. The minimum absolute atomic E-state index is 0.00732. The molecule has 1 N–H and O–H groups in total. The number of aliphatic carboxylic acids is 1. The first kappa shape index (κ1) is 14.5. The van der Waals surface area contributed by atoms with Crippen LogP contribution >= 0.6 is 11.3 Å². The lowest BCUT2D eigenvalue weighted by Crippen LogP contribution is -2.25. The predicted octanol–water partition coefficient (Wildman–Crippen LogP) is 2.24. The summed E-state index contributed by atoms with van der Waals surface area (Å²) in [5, 5.41) is 11.5. The SMILES string of the molecule is CN(CC(=O)O)Cc1csc(COc2ccccc2)n1. The van der Waals surface area contributed by atoms with Crippen LogP contribution < -0.4 is 4.74 Å². The van der Waals surface area contributed by atoms with Crippen LogP contribution in [0.5, 0.6) is 5.75 Å². The van der Waals surface area contributed by atoms with Gasteiger partial charge >= 0.3 is 5.97 Å². The molecule has 0 radical (unpaired) electrons. The summed E-state index contributed by atoms with van der Waals surface area (Å²) in [5.41, 5.74) is 0.866. The number of nitrogens with zero attached hydrogens (tertiary/aromatic N) is 2. The van der Waals surface area contributed by atoms with Gasteiger partial charge in [0.25, 0.3) is 0 Å². The molecule has 6 heteroatoms. The Morgan fingerprint density at radius 2 is 2.15 bits per heavy atom. The van der Waals surface area contributed by atoms with E-state index >= 15 is 0 Å². The molecule has 0 fully saturated rings. The highest BCUT2D eigenvalue weighted by Gasteiger charge is 2.08. The van der Waals surface area contributed by atoms with Gasteiger partial charge in [-0.15, -0.1) is 11.3 Å². The molecular weight excluding hydrogens is 276 g/mol. The number of hydrogen-bond acceptors (Lipinski definition) is 5. The third-order valence-corrected chi connectivity index (χ3v) is 3.41. The van der Waals surface area contributed by atoms with Crippen LogP contribution in [0, 0.1) is 0 Å². The molecule has 2 rings (SSSR count). The summed E-state index contributed by atoms with van der Waals surface area (Å²) in [5.74, 6) is -0.0254. The highest BCUT2D eigenvalue weighted by atomic mass is 32.1. The number of hydrogen-bond donors (Lipinski definition) is 1. The molecule has 0 saturated heterocycles. The molecule has 0 unspecified atom stereocenters. The zero-order valence-electron chi connectivity index (χ0n) is 11.2. The van der Waals surface area contributed by atoms with Crippen LogP contribution in [-0.4, -0.2) is 34.6 Å². The van der Waals surface area contributed by atoms with Crippen molar-refractivity contribution in [1.29, 1.82) is 0 Å². The Hall–Kier alpha value is -1.92. The van der Waals surface area contributed by atoms with Crippen LogP contribution in [-0.2, 0) is 17.9 Å². The minimum Gasteiger partial charge on any atom is -0.486 e. The minimum atomic E-state index is -0.838. The lowest BCUT2D eigenvalue weighted by atomic mass is 10.3. The summed E-state index contributed by atoms with van der Waals surface area (Å²) in [4.78, 5) is 16.7. The second-order valence-electron chi connectivity index (χ2n) is 4.40. The third-order valence-electron chi connectivity index (χ3n) is 2.54. The molecular formula is C14H16N2O3S. The smallest absolute Gasteiger partial charge is 0.317 e. The van der Waals surface area contributed by atoms with Crippen molar-refractivity contribution in [3.05, 3.63) is 46.4 Å². The van der Waals surface area contributed by atoms with Crippen molar-refractivity contribution in [1.82, 2.24) is 9.88 Å². The Labute approximate surface area is 121 Å². The van der Waals surface area contributed by atoms with Crippen LogP contribution in [0.25, 0.3) is 0 Å². The van der Waals surface area contributed by atoms with Gasteiger partial charge in [0, 0.05) is 11.9 Å². The summed E-state index contributed by atoms with van der Waals surface area (Å²) >= 11 is 1.52. The molecule has 0 saturated carbocycles. The average Bonchev–Trinajstić information content (AvgIpc) is 2.84. The second kappa shape index (κ2) is 7.02. The lowest BCUT2D eigenvalue weighted by molar-refractivity contribution is -0.138. The quantitative estimate of drug-likeness (QED) is 0.848. The Kier molecular flexibility index (Phi) is 5.09. The summed E-state index contributed by atoms with van der Waals surface area (Å²) in [6.45, 7) is 0.957. The maximum absolute atomic E-state index is 10.6. The van der Waals surface area contributed by atoms with Gasteiger partial charge < -0.3 is 9.84 Å². The first-order valence-corrected chi connectivity index (χ1v) is 7.03. The molecule has 0 aliphatic heterocycles. The summed E-state index contributed by atoms with van der Waals surface area (Å²) < 4.78 is 5.62. The number of carboxylic acid groups (broad SMARTS) is 1. The summed E-state index contributed by atoms with van der Waals surface area (Å²) in [7, 11) is 1.76. The van der Waals surface area contributed by atoms with Gasteiger partial charge in [-0.25, -0.2) is 4.98 Å². The average molecular weight is 292 g/mol. The zero-order valence-corrected chi connectivity index (χ0v) is 12.0. The molecule has 106 valence electrons. The normalized spacial score (nSPS) is 10.7. The van der Waals surface area contributed by atoms with E-state index in [0.29, 0.717) is 13.2 Å². The van der Waals surface area contributed by atoms with E-state index in [2.05, 4.69) is 4.98 Å². The van der Waals surface area contributed by atoms with Crippen LogP contribution in [0.4, 0.5) is 0 Å². The van der Waals surface area contributed by atoms with E-state index < -0.39 is 5.97 Å². The van der Waals surface area contributed by atoms with Gasteiger partial charge in [-0.2, -0.15) is 0 Å². The van der Waals surface area contributed by atoms with Crippen LogP contribution in [0.1, 0.15) is 10.7 Å². The number of ether oxygens (including phenoxy) is 1. The first-order chi connectivity index (χ1) is 9.63. The van der Waals surface area contributed by atoms with Crippen molar-refractivity contribution in [3.63, 3.8) is 0 Å². The Morgan fingerprint density at radius 3 is 2.85 bits per heavy atom. The van der Waals surface area contributed by atoms with E-state index in [4.69, 9.17) is 9.84 Å². The van der Waals surface area contributed by atoms with Crippen molar-refractivity contribution in [2.45, 2.75) is 13.2 Å². The fourth-order valence-corrected chi connectivity index (χ4v) is 2.41. The second-order valence-corrected chi connectivity index (χ2v) is 5.34. The Morgan fingerprint density at radius 1 is 1.40 bits per heavy atom. The van der Waals surface area contributed by atoms with Gasteiger partial charge in [0.1, 0.15) is 17.4 Å². The third kappa shape index (κ3) is 4.64.